The van der Waals surface area contributed by atoms with Crippen molar-refractivity contribution in [3.63, 3.8) is 0 Å². The first-order valence-electron chi connectivity index (χ1n) is 7.27. The summed E-state index contributed by atoms with van der Waals surface area (Å²) in [6.07, 6.45) is 4.95. The van der Waals surface area contributed by atoms with E-state index >= 15 is 0 Å². The SMILES string of the molecule is CC(C)CC[C@@H](N)c1ccc(N2CCCC2)cc1. The Morgan fingerprint density at radius 2 is 1.67 bits per heavy atom. The summed E-state index contributed by atoms with van der Waals surface area (Å²) in [7, 11) is 0. The summed E-state index contributed by atoms with van der Waals surface area (Å²) in [5, 5.41) is 0. The molecule has 100 valence electrons. The van der Waals surface area contributed by atoms with Crippen LogP contribution in [0.15, 0.2) is 24.3 Å². The first-order valence-corrected chi connectivity index (χ1v) is 7.27. The third-order valence-electron chi connectivity index (χ3n) is 3.85. The molecule has 1 heterocycles. The monoisotopic (exact) mass is 246 g/mol. The van der Waals surface area contributed by atoms with Crippen molar-refractivity contribution < 1.29 is 0 Å². The summed E-state index contributed by atoms with van der Waals surface area (Å²) < 4.78 is 0. The van der Waals surface area contributed by atoms with Crippen molar-refractivity contribution >= 4 is 5.69 Å². The summed E-state index contributed by atoms with van der Waals surface area (Å²) in [5.41, 5.74) is 8.86. The zero-order valence-electron chi connectivity index (χ0n) is 11.7. The molecule has 1 aliphatic heterocycles. The van der Waals surface area contributed by atoms with Gasteiger partial charge in [-0.05, 0) is 49.3 Å². The molecule has 0 radical (unpaired) electrons. The van der Waals surface area contributed by atoms with Gasteiger partial charge >= 0.3 is 0 Å². The Morgan fingerprint density at radius 3 is 2.22 bits per heavy atom. The molecule has 1 aromatic rings. The van der Waals surface area contributed by atoms with Gasteiger partial charge in [-0.15, -0.1) is 0 Å². The van der Waals surface area contributed by atoms with E-state index in [0.29, 0.717) is 0 Å². The minimum Gasteiger partial charge on any atom is -0.372 e. The molecule has 1 aromatic carbocycles. The van der Waals surface area contributed by atoms with Crippen molar-refractivity contribution in [2.45, 2.75) is 45.6 Å². The van der Waals surface area contributed by atoms with Crippen molar-refractivity contribution in [1.29, 1.82) is 0 Å². The molecule has 2 N–H and O–H groups in total. The Kier molecular flexibility index (Phi) is 4.65. The summed E-state index contributed by atoms with van der Waals surface area (Å²) in [4.78, 5) is 2.46. The maximum Gasteiger partial charge on any atom is 0.0366 e. The molecule has 0 aliphatic carbocycles. The Morgan fingerprint density at radius 1 is 1.06 bits per heavy atom. The standard InChI is InChI=1S/C16H26N2/c1-13(2)5-10-16(17)14-6-8-15(9-7-14)18-11-3-4-12-18/h6-9,13,16H,3-5,10-12,17H2,1-2H3/t16-/m1/s1. The van der Waals surface area contributed by atoms with Crippen molar-refractivity contribution in [3.05, 3.63) is 29.8 Å². The van der Waals surface area contributed by atoms with Crippen LogP contribution in [0.25, 0.3) is 0 Å². The highest BCUT2D eigenvalue weighted by molar-refractivity contribution is 5.48. The summed E-state index contributed by atoms with van der Waals surface area (Å²) in [6, 6.07) is 9.07. The van der Waals surface area contributed by atoms with Gasteiger partial charge in [0.15, 0.2) is 0 Å². The van der Waals surface area contributed by atoms with Crippen molar-refractivity contribution in [2.75, 3.05) is 18.0 Å². The van der Waals surface area contributed by atoms with Crippen molar-refractivity contribution in [3.8, 4) is 0 Å². The predicted octanol–water partition coefficient (Wildman–Crippen LogP) is 3.72. The zero-order valence-corrected chi connectivity index (χ0v) is 11.7. The molecule has 0 unspecified atom stereocenters. The molecule has 0 amide bonds. The first kappa shape index (κ1) is 13.4. The molecular formula is C16H26N2. The van der Waals surface area contributed by atoms with Crippen LogP contribution in [-0.2, 0) is 0 Å². The lowest BCUT2D eigenvalue weighted by Gasteiger charge is -2.19. The Hall–Kier alpha value is -1.02. The van der Waals surface area contributed by atoms with Gasteiger partial charge in [0.25, 0.3) is 0 Å². The van der Waals surface area contributed by atoms with Gasteiger partial charge in [-0.25, -0.2) is 0 Å². The average molecular weight is 246 g/mol. The van der Waals surface area contributed by atoms with E-state index in [1.54, 1.807) is 0 Å². The van der Waals surface area contributed by atoms with Crippen LogP contribution in [0, 0.1) is 5.92 Å². The van der Waals surface area contributed by atoms with Gasteiger partial charge in [-0.1, -0.05) is 26.0 Å². The molecule has 0 spiro atoms. The van der Waals surface area contributed by atoms with Crippen LogP contribution in [-0.4, -0.2) is 13.1 Å². The minimum absolute atomic E-state index is 0.194. The number of anilines is 1. The van der Waals surface area contributed by atoms with Gasteiger partial charge in [0.05, 0.1) is 0 Å². The topological polar surface area (TPSA) is 29.3 Å². The van der Waals surface area contributed by atoms with Crippen LogP contribution in [0.1, 0.15) is 51.1 Å². The van der Waals surface area contributed by atoms with Gasteiger partial charge in [0, 0.05) is 24.8 Å². The normalized spacial score (nSPS) is 17.4. The van der Waals surface area contributed by atoms with Crippen LogP contribution >= 0.6 is 0 Å². The van der Waals surface area contributed by atoms with Crippen LogP contribution in [0.2, 0.25) is 0 Å². The average Bonchev–Trinajstić information content (AvgIpc) is 2.90. The Bertz CT molecular complexity index is 350. The van der Waals surface area contributed by atoms with E-state index in [9.17, 15) is 0 Å². The number of hydrogen-bond donors (Lipinski definition) is 1. The number of hydrogen-bond acceptors (Lipinski definition) is 2. The minimum atomic E-state index is 0.194. The second kappa shape index (κ2) is 6.24. The molecule has 0 bridgehead atoms. The molecule has 1 fully saturated rings. The van der Waals surface area contributed by atoms with E-state index in [1.165, 1.54) is 43.6 Å². The lowest BCUT2D eigenvalue weighted by molar-refractivity contribution is 0.507. The van der Waals surface area contributed by atoms with Crippen LogP contribution < -0.4 is 10.6 Å². The Labute approximate surface area is 111 Å². The lowest BCUT2D eigenvalue weighted by Crippen LogP contribution is -2.17. The van der Waals surface area contributed by atoms with E-state index in [1.807, 2.05) is 0 Å². The molecule has 2 nitrogen and oxygen atoms in total. The molecular weight excluding hydrogens is 220 g/mol. The maximum atomic E-state index is 6.23. The second-order valence-electron chi connectivity index (χ2n) is 5.86. The molecule has 1 atom stereocenters. The van der Waals surface area contributed by atoms with E-state index < -0.39 is 0 Å². The van der Waals surface area contributed by atoms with Crippen LogP contribution in [0.4, 0.5) is 5.69 Å². The molecule has 2 rings (SSSR count). The van der Waals surface area contributed by atoms with Crippen LogP contribution in [0.3, 0.4) is 0 Å². The summed E-state index contributed by atoms with van der Waals surface area (Å²) in [5.74, 6) is 0.736. The fraction of sp³-hybridized carbons (Fsp3) is 0.625. The first-order chi connectivity index (χ1) is 8.66. The number of benzene rings is 1. The predicted molar refractivity (Wildman–Crippen MR) is 78.9 cm³/mol. The quantitative estimate of drug-likeness (QED) is 0.858. The highest BCUT2D eigenvalue weighted by Crippen LogP contribution is 2.24. The molecule has 18 heavy (non-hydrogen) atoms. The summed E-state index contributed by atoms with van der Waals surface area (Å²) >= 11 is 0. The van der Waals surface area contributed by atoms with E-state index in [4.69, 9.17) is 5.73 Å². The van der Waals surface area contributed by atoms with Crippen molar-refractivity contribution in [2.24, 2.45) is 11.7 Å². The second-order valence-corrected chi connectivity index (χ2v) is 5.86. The highest BCUT2D eigenvalue weighted by Gasteiger charge is 2.13. The highest BCUT2D eigenvalue weighted by atomic mass is 15.1. The van der Waals surface area contributed by atoms with E-state index in [-0.39, 0.29) is 6.04 Å². The molecule has 1 aliphatic rings. The number of nitrogens with zero attached hydrogens (tertiary/aromatic N) is 1. The zero-order chi connectivity index (χ0) is 13.0. The van der Waals surface area contributed by atoms with Gasteiger partial charge in [0.2, 0.25) is 0 Å². The Balaban J connectivity index is 1.93. The van der Waals surface area contributed by atoms with Gasteiger partial charge in [-0.2, -0.15) is 0 Å². The summed E-state index contributed by atoms with van der Waals surface area (Å²) in [6.45, 7) is 6.92. The van der Waals surface area contributed by atoms with Gasteiger partial charge < -0.3 is 10.6 Å². The molecule has 0 saturated carbocycles. The fourth-order valence-corrected chi connectivity index (χ4v) is 2.59. The van der Waals surface area contributed by atoms with Gasteiger partial charge in [0.1, 0.15) is 0 Å². The lowest BCUT2D eigenvalue weighted by atomic mass is 9.98. The van der Waals surface area contributed by atoms with Crippen LogP contribution in [0.5, 0.6) is 0 Å². The third kappa shape index (κ3) is 3.49. The van der Waals surface area contributed by atoms with E-state index in [0.717, 1.165) is 12.3 Å². The largest absolute Gasteiger partial charge is 0.372 e. The third-order valence-corrected chi connectivity index (χ3v) is 3.85. The fourth-order valence-electron chi connectivity index (χ4n) is 2.59. The molecule has 2 heteroatoms. The number of rotatable bonds is 5. The molecule has 1 saturated heterocycles. The molecule has 0 aromatic heterocycles. The van der Waals surface area contributed by atoms with E-state index in [2.05, 4.69) is 43.0 Å². The number of nitrogens with two attached hydrogens (primary N) is 1. The van der Waals surface area contributed by atoms with Crippen molar-refractivity contribution in [1.82, 2.24) is 0 Å². The smallest absolute Gasteiger partial charge is 0.0366 e. The van der Waals surface area contributed by atoms with Gasteiger partial charge in [-0.3, -0.25) is 0 Å². The maximum absolute atomic E-state index is 6.23.